The molecule has 3 aromatic rings. The van der Waals surface area contributed by atoms with E-state index in [1.807, 2.05) is 18.2 Å². The summed E-state index contributed by atoms with van der Waals surface area (Å²) >= 11 is 0. The van der Waals surface area contributed by atoms with Gasteiger partial charge in [-0.25, -0.2) is 4.98 Å². The van der Waals surface area contributed by atoms with Crippen LogP contribution in [0.4, 0.5) is 0 Å². The second-order valence-electron chi connectivity index (χ2n) is 5.45. The maximum absolute atomic E-state index is 12.0. The Bertz CT molecular complexity index is 822. The summed E-state index contributed by atoms with van der Waals surface area (Å²) in [7, 11) is 1.42. The Hall–Kier alpha value is -2.60. The van der Waals surface area contributed by atoms with Gasteiger partial charge in [-0.1, -0.05) is 18.2 Å². The van der Waals surface area contributed by atoms with Crippen molar-refractivity contribution in [2.75, 3.05) is 7.11 Å². The zero-order valence-electron chi connectivity index (χ0n) is 12.1. The number of benzene rings is 1. The maximum atomic E-state index is 12.0. The van der Waals surface area contributed by atoms with Gasteiger partial charge in [0.25, 0.3) is 0 Å². The van der Waals surface area contributed by atoms with Crippen molar-refractivity contribution < 1.29 is 9.53 Å². The Morgan fingerprint density at radius 3 is 3.00 bits per heavy atom. The van der Waals surface area contributed by atoms with Crippen LogP contribution < -0.4 is 5.32 Å². The van der Waals surface area contributed by atoms with E-state index in [2.05, 4.69) is 26.3 Å². The average Bonchev–Trinajstić information content (AvgIpc) is 3.20. The summed E-state index contributed by atoms with van der Waals surface area (Å²) in [6.45, 7) is 0. The molecule has 1 aromatic carbocycles. The number of H-pyrrole nitrogens is 2. The Balaban J connectivity index is 1.88. The summed E-state index contributed by atoms with van der Waals surface area (Å²) in [5, 5.41) is 4.50. The summed E-state index contributed by atoms with van der Waals surface area (Å²) < 4.78 is 4.92. The Morgan fingerprint density at radius 2 is 2.23 bits per heavy atom. The van der Waals surface area contributed by atoms with Gasteiger partial charge in [-0.2, -0.15) is 0 Å². The summed E-state index contributed by atoms with van der Waals surface area (Å²) in [5.74, 6) is -0.250. The van der Waals surface area contributed by atoms with E-state index in [9.17, 15) is 4.79 Å². The molecule has 6 nitrogen and oxygen atoms in total. The highest BCUT2D eigenvalue weighted by atomic mass is 16.5. The molecule has 0 aliphatic carbocycles. The normalized spacial score (nSPS) is 20.8. The molecule has 2 unspecified atom stereocenters. The van der Waals surface area contributed by atoms with Crippen LogP contribution >= 0.6 is 0 Å². The molecule has 2 atom stereocenters. The van der Waals surface area contributed by atoms with Gasteiger partial charge in [0.15, 0.2) is 0 Å². The highest BCUT2D eigenvalue weighted by Crippen LogP contribution is 2.34. The van der Waals surface area contributed by atoms with Crippen molar-refractivity contribution in [1.82, 2.24) is 20.3 Å². The van der Waals surface area contributed by atoms with E-state index < -0.39 is 0 Å². The Labute approximate surface area is 126 Å². The third-order valence-corrected chi connectivity index (χ3v) is 4.23. The monoisotopic (exact) mass is 296 g/mol. The fourth-order valence-electron chi connectivity index (χ4n) is 3.20. The fourth-order valence-corrected chi connectivity index (χ4v) is 3.20. The molecule has 0 bridgehead atoms. The molecule has 0 spiro atoms. The number of nitrogens with one attached hydrogen (secondary N) is 3. The number of rotatable bonds is 2. The SMILES string of the molecule is COC(=O)C1Cc2c([nH]c3ccccc23)C(c2cnc[nH]2)N1. The Kier molecular flexibility index (Phi) is 2.97. The van der Waals surface area contributed by atoms with Crippen molar-refractivity contribution >= 4 is 16.9 Å². The lowest BCUT2D eigenvalue weighted by Gasteiger charge is -2.29. The van der Waals surface area contributed by atoms with Crippen LogP contribution in [-0.2, 0) is 16.0 Å². The highest BCUT2D eigenvalue weighted by molar-refractivity contribution is 5.87. The van der Waals surface area contributed by atoms with E-state index in [0.717, 1.165) is 27.9 Å². The zero-order chi connectivity index (χ0) is 15.1. The van der Waals surface area contributed by atoms with Crippen LogP contribution in [0, 0.1) is 0 Å². The second kappa shape index (κ2) is 4.99. The van der Waals surface area contributed by atoms with Crippen molar-refractivity contribution in [1.29, 1.82) is 0 Å². The molecule has 1 aliphatic heterocycles. The van der Waals surface area contributed by atoms with Crippen LogP contribution in [0.3, 0.4) is 0 Å². The van der Waals surface area contributed by atoms with Crippen molar-refractivity contribution in [2.45, 2.75) is 18.5 Å². The lowest BCUT2D eigenvalue weighted by molar-refractivity contribution is -0.143. The predicted octanol–water partition coefficient (Wildman–Crippen LogP) is 1.67. The first kappa shape index (κ1) is 13.1. The molecule has 0 saturated heterocycles. The highest BCUT2D eigenvalue weighted by Gasteiger charge is 2.34. The number of methoxy groups -OCH3 is 1. The molecular formula is C16H16N4O2. The van der Waals surface area contributed by atoms with Gasteiger partial charge in [-0.3, -0.25) is 10.1 Å². The number of ether oxygens (including phenoxy) is 1. The largest absolute Gasteiger partial charge is 0.468 e. The molecule has 0 fully saturated rings. The third kappa shape index (κ3) is 1.92. The lowest BCUT2D eigenvalue weighted by Crippen LogP contribution is -2.45. The topological polar surface area (TPSA) is 82.8 Å². The number of nitrogens with zero attached hydrogens (tertiary/aromatic N) is 1. The van der Waals surface area contributed by atoms with E-state index in [1.54, 1.807) is 12.5 Å². The quantitative estimate of drug-likeness (QED) is 0.628. The molecule has 112 valence electrons. The molecule has 6 heteroatoms. The second-order valence-corrected chi connectivity index (χ2v) is 5.45. The minimum Gasteiger partial charge on any atom is -0.468 e. The minimum absolute atomic E-state index is 0.136. The fraction of sp³-hybridized carbons (Fsp3) is 0.250. The molecule has 3 N–H and O–H groups in total. The smallest absolute Gasteiger partial charge is 0.323 e. The number of carbonyl (C=O) groups is 1. The molecule has 0 saturated carbocycles. The molecule has 3 heterocycles. The first-order valence-electron chi connectivity index (χ1n) is 7.19. The van der Waals surface area contributed by atoms with Gasteiger partial charge in [-0.05, 0) is 11.6 Å². The van der Waals surface area contributed by atoms with Crippen molar-refractivity contribution in [3.63, 3.8) is 0 Å². The number of carbonyl (C=O) groups excluding carboxylic acids is 1. The number of esters is 1. The summed E-state index contributed by atoms with van der Waals surface area (Å²) in [5.41, 5.74) is 4.22. The first-order valence-corrected chi connectivity index (χ1v) is 7.19. The summed E-state index contributed by atoms with van der Waals surface area (Å²) in [6.07, 6.45) is 4.02. The standard InChI is InChI=1S/C16H16N4O2/c1-22-16(21)12-6-10-9-4-2-3-5-11(9)19-14(10)15(20-12)13-7-17-8-18-13/h2-5,7-8,12,15,19-20H,6H2,1H3,(H,17,18). The van der Waals surface area contributed by atoms with Crippen molar-refractivity contribution in [3.05, 3.63) is 53.7 Å². The van der Waals surface area contributed by atoms with E-state index in [0.29, 0.717) is 6.42 Å². The predicted molar refractivity (Wildman–Crippen MR) is 81.4 cm³/mol. The number of para-hydroxylation sites is 1. The van der Waals surface area contributed by atoms with Gasteiger partial charge in [-0.15, -0.1) is 0 Å². The van der Waals surface area contributed by atoms with Crippen LogP contribution in [0.5, 0.6) is 0 Å². The Morgan fingerprint density at radius 1 is 1.36 bits per heavy atom. The van der Waals surface area contributed by atoms with Crippen LogP contribution in [0.1, 0.15) is 23.0 Å². The molecule has 0 radical (unpaired) electrons. The molecular weight excluding hydrogens is 280 g/mol. The van der Waals surface area contributed by atoms with Crippen LogP contribution in [-0.4, -0.2) is 34.1 Å². The number of fused-ring (bicyclic) bond motifs is 3. The first-order chi connectivity index (χ1) is 10.8. The number of aromatic amines is 2. The van der Waals surface area contributed by atoms with Crippen LogP contribution in [0.15, 0.2) is 36.8 Å². The maximum Gasteiger partial charge on any atom is 0.323 e. The number of hydrogen-bond donors (Lipinski definition) is 3. The van der Waals surface area contributed by atoms with Crippen molar-refractivity contribution in [3.8, 4) is 0 Å². The van der Waals surface area contributed by atoms with Gasteiger partial charge in [0.05, 0.1) is 25.2 Å². The summed E-state index contributed by atoms with van der Waals surface area (Å²) in [6, 6.07) is 7.63. The molecule has 1 aliphatic rings. The van der Waals surface area contributed by atoms with Gasteiger partial charge < -0.3 is 14.7 Å². The lowest BCUT2D eigenvalue weighted by atomic mass is 9.92. The molecule has 0 amide bonds. The van der Waals surface area contributed by atoms with E-state index >= 15 is 0 Å². The third-order valence-electron chi connectivity index (χ3n) is 4.23. The zero-order valence-corrected chi connectivity index (χ0v) is 12.1. The van der Waals surface area contributed by atoms with Crippen LogP contribution in [0.25, 0.3) is 10.9 Å². The van der Waals surface area contributed by atoms with Gasteiger partial charge in [0.2, 0.25) is 0 Å². The molecule has 4 rings (SSSR count). The number of imidazole rings is 1. The van der Waals surface area contributed by atoms with E-state index in [4.69, 9.17) is 4.74 Å². The number of aromatic nitrogens is 3. The molecule has 22 heavy (non-hydrogen) atoms. The number of hydrogen-bond acceptors (Lipinski definition) is 4. The van der Waals surface area contributed by atoms with Crippen molar-refractivity contribution in [2.24, 2.45) is 0 Å². The van der Waals surface area contributed by atoms with Crippen LogP contribution in [0.2, 0.25) is 0 Å². The minimum atomic E-state index is -0.370. The average molecular weight is 296 g/mol. The van der Waals surface area contributed by atoms with E-state index in [1.165, 1.54) is 7.11 Å². The van der Waals surface area contributed by atoms with E-state index in [-0.39, 0.29) is 18.1 Å². The van der Waals surface area contributed by atoms with Gasteiger partial charge >= 0.3 is 5.97 Å². The summed E-state index contributed by atoms with van der Waals surface area (Å²) in [4.78, 5) is 22.7. The molecule has 2 aromatic heterocycles. The van der Waals surface area contributed by atoms with Gasteiger partial charge in [0, 0.05) is 29.2 Å². The van der Waals surface area contributed by atoms with Gasteiger partial charge in [0.1, 0.15) is 6.04 Å².